The van der Waals surface area contributed by atoms with Crippen LogP contribution >= 0.6 is 23.3 Å². The van der Waals surface area contributed by atoms with Crippen molar-refractivity contribution in [3.63, 3.8) is 0 Å². The van der Waals surface area contributed by atoms with Crippen molar-refractivity contribution < 1.29 is 23.9 Å². The zero-order chi connectivity index (χ0) is 24.1. The second kappa shape index (κ2) is 13.9. The Morgan fingerprint density at radius 3 is 2.52 bits per heavy atom. The SMILES string of the molecule is CCOC(=O)c1cc(-c2ccncc2)sc1NC.CSNc1cccc(C(=O)OCC=O)c1. The molecule has 10 heteroatoms. The zero-order valence-corrected chi connectivity index (χ0v) is 20.1. The van der Waals surface area contributed by atoms with Gasteiger partial charge in [0.2, 0.25) is 0 Å². The molecule has 2 N–H and O–H groups in total. The quantitative estimate of drug-likeness (QED) is 0.251. The highest BCUT2D eigenvalue weighted by molar-refractivity contribution is 7.99. The lowest BCUT2D eigenvalue weighted by molar-refractivity contribution is -0.110. The summed E-state index contributed by atoms with van der Waals surface area (Å²) >= 11 is 2.96. The maximum atomic E-state index is 11.8. The molecule has 2 aromatic heterocycles. The van der Waals surface area contributed by atoms with Gasteiger partial charge >= 0.3 is 11.9 Å². The minimum absolute atomic E-state index is 0.209. The summed E-state index contributed by atoms with van der Waals surface area (Å²) in [4.78, 5) is 38.2. The Hall–Kier alpha value is -3.37. The van der Waals surface area contributed by atoms with E-state index in [1.54, 1.807) is 44.6 Å². The third-order valence-corrected chi connectivity index (χ3v) is 5.66. The number of nitrogens with one attached hydrogen (secondary N) is 2. The Labute approximate surface area is 200 Å². The van der Waals surface area contributed by atoms with E-state index in [2.05, 4.69) is 19.8 Å². The maximum absolute atomic E-state index is 11.8. The molecule has 0 atom stereocenters. The predicted octanol–water partition coefficient (Wildman–Crippen LogP) is 4.76. The van der Waals surface area contributed by atoms with Gasteiger partial charge in [0.25, 0.3) is 0 Å². The molecule has 3 aromatic rings. The van der Waals surface area contributed by atoms with Crippen molar-refractivity contribution in [1.82, 2.24) is 4.98 Å². The van der Waals surface area contributed by atoms with Gasteiger partial charge in [-0.15, -0.1) is 11.3 Å². The van der Waals surface area contributed by atoms with Crippen LogP contribution in [0.3, 0.4) is 0 Å². The molecule has 0 aliphatic carbocycles. The van der Waals surface area contributed by atoms with Crippen LogP contribution in [-0.2, 0) is 14.3 Å². The molecule has 174 valence electrons. The summed E-state index contributed by atoms with van der Waals surface area (Å²) < 4.78 is 12.7. The fourth-order valence-corrected chi connectivity index (χ4v) is 3.98. The third kappa shape index (κ3) is 7.92. The number of esters is 2. The smallest absolute Gasteiger partial charge is 0.341 e. The van der Waals surface area contributed by atoms with Gasteiger partial charge in [0, 0.05) is 36.3 Å². The molecule has 0 spiro atoms. The number of rotatable bonds is 9. The minimum Gasteiger partial charge on any atom is -0.462 e. The highest BCUT2D eigenvalue weighted by atomic mass is 32.2. The van der Waals surface area contributed by atoms with E-state index in [0.717, 1.165) is 21.1 Å². The summed E-state index contributed by atoms with van der Waals surface area (Å²) in [6.45, 7) is 1.97. The van der Waals surface area contributed by atoms with Crippen LogP contribution in [0.5, 0.6) is 0 Å². The molecule has 0 aliphatic rings. The number of thiophene rings is 1. The fraction of sp³-hybridized carbons (Fsp3) is 0.217. The number of anilines is 2. The summed E-state index contributed by atoms with van der Waals surface area (Å²) in [5.74, 6) is -0.787. The number of nitrogens with zero attached hydrogens (tertiary/aromatic N) is 1. The van der Waals surface area contributed by atoms with Crippen molar-refractivity contribution in [2.45, 2.75) is 6.92 Å². The number of hydrogen-bond acceptors (Lipinski definition) is 10. The molecule has 0 fully saturated rings. The molecule has 33 heavy (non-hydrogen) atoms. The van der Waals surface area contributed by atoms with Crippen LogP contribution in [0.15, 0.2) is 54.9 Å². The van der Waals surface area contributed by atoms with E-state index in [4.69, 9.17) is 4.74 Å². The van der Waals surface area contributed by atoms with Crippen LogP contribution < -0.4 is 10.0 Å². The van der Waals surface area contributed by atoms with Gasteiger partial charge in [-0.2, -0.15) is 0 Å². The summed E-state index contributed by atoms with van der Waals surface area (Å²) in [5, 5.41) is 3.85. The van der Waals surface area contributed by atoms with Gasteiger partial charge in [-0.25, -0.2) is 9.59 Å². The van der Waals surface area contributed by atoms with Crippen LogP contribution in [0.1, 0.15) is 27.6 Å². The van der Waals surface area contributed by atoms with Gasteiger partial charge in [0.1, 0.15) is 11.6 Å². The lowest BCUT2D eigenvalue weighted by atomic mass is 10.2. The van der Waals surface area contributed by atoms with Gasteiger partial charge in [-0.1, -0.05) is 18.0 Å². The van der Waals surface area contributed by atoms with Gasteiger partial charge < -0.3 is 19.5 Å². The minimum atomic E-state index is -0.494. The van der Waals surface area contributed by atoms with Crippen molar-refractivity contribution in [2.24, 2.45) is 0 Å². The summed E-state index contributed by atoms with van der Waals surface area (Å²) in [6.07, 6.45) is 5.90. The van der Waals surface area contributed by atoms with Crippen LogP contribution in [0.4, 0.5) is 10.7 Å². The van der Waals surface area contributed by atoms with Gasteiger partial charge in [0.15, 0.2) is 6.29 Å². The van der Waals surface area contributed by atoms with E-state index in [1.165, 1.54) is 23.3 Å². The molecule has 0 radical (unpaired) electrons. The molecule has 0 saturated carbocycles. The highest BCUT2D eigenvalue weighted by Gasteiger charge is 2.17. The molecular formula is C23H25N3O5S2. The Balaban J connectivity index is 0.000000238. The van der Waals surface area contributed by atoms with E-state index >= 15 is 0 Å². The van der Waals surface area contributed by atoms with Crippen molar-refractivity contribution in [2.75, 3.05) is 36.6 Å². The standard InChI is InChI=1S/C13H14N2O2S.C10H11NO3S/c1-3-17-13(16)10-8-11(18-12(10)14-2)9-4-6-15-7-5-9;1-15-11-9-4-2-3-8(7-9)10(13)14-6-5-12/h4-8,14H,3H2,1-2H3;2-5,7,11H,6H2,1H3. The number of benzene rings is 1. The Morgan fingerprint density at radius 1 is 1.12 bits per heavy atom. The lowest BCUT2D eigenvalue weighted by Gasteiger charge is -2.04. The van der Waals surface area contributed by atoms with Crippen molar-refractivity contribution in [3.05, 3.63) is 66.0 Å². The number of pyridine rings is 1. The van der Waals surface area contributed by atoms with Crippen LogP contribution in [0, 0.1) is 0 Å². The van der Waals surface area contributed by atoms with Crippen molar-refractivity contribution in [1.29, 1.82) is 0 Å². The Bertz CT molecular complexity index is 1060. The number of carbonyl (C=O) groups excluding carboxylic acids is 3. The zero-order valence-electron chi connectivity index (χ0n) is 18.5. The second-order valence-electron chi connectivity index (χ2n) is 6.21. The largest absolute Gasteiger partial charge is 0.462 e. The average molecular weight is 488 g/mol. The molecule has 0 bridgehead atoms. The number of ether oxygens (including phenoxy) is 2. The normalized spacial score (nSPS) is 9.79. The molecule has 1 aromatic carbocycles. The lowest BCUT2D eigenvalue weighted by Crippen LogP contribution is -2.07. The molecule has 0 aliphatic heterocycles. The van der Waals surface area contributed by atoms with E-state index in [9.17, 15) is 14.4 Å². The first-order valence-corrected chi connectivity index (χ1v) is 12.0. The molecule has 0 unspecified atom stereocenters. The van der Waals surface area contributed by atoms with Crippen LogP contribution in [0.2, 0.25) is 0 Å². The first-order valence-electron chi connectivity index (χ1n) is 9.92. The van der Waals surface area contributed by atoms with Crippen molar-refractivity contribution in [3.8, 4) is 10.4 Å². The van der Waals surface area contributed by atoms with Crippen LogP contribution in [-0.4, -0.2) is 49.7 Å². The van der Waals surface area contributed by atoms with E-state index in [1.807, 2.05) is 30.5 Å². The Morgan fingerprint density at radius 2 is 1.88 bits per heavy atom. The van der Waals surface area contributed by atoms with Gasteiger partial charge in [-0.3, -0.25) is 9.78 Å². The molecular weight excluding hydrogens is 462 g/mol. The van der Waals surface area contributed by atoms with E-state index in [-0.39, 0.29) is 12.6 Å². The monoisotopic (exact) mass is 487 g/mol. The number of aromatic nitrogens is 1. The number of aldehydes is 1. The van der Waals surface area contributed by atoms with Crippen LogP contribution in [0.25, 0.3) is 10.4 Å². The predicted molar refractivity (Wildman–Crippen MR) is 133 cm³/mol. The van der Waals surface area contributed by atoms with E-state index < -0.39 is 5.97 Å². The average Bonchev–Trinajstić information content (AvgIpc) is 3.29. The second-order valence-corrected chi connectivity index (χ2v) is 7.88. The fourth-order valence-electron chi connectivity index (χ4n) is 2.62. The number of hydrogen-bond donors (Lipinski definition) is 2. The summed E-state index contributed by atoms with van der Waals surface area (Å²) in [5.41, 5.74) is 2.87. The molecule has 2 heterocycles. The molecule has 8 nitrogen and oxygen atoms in total. The molecule has 0 amide bonds. The topological polar surface area (TPSA) is 107 Å². The summed E-state index contributed by atoms with van der Waals surface area (Å²) in [7, 11) is 1.80. The van der Waals surface area contributed by atoms with Gasteiger partial charge in [0.05, 0.1) is 17.7 Å². The molecule has 3 rings (SSSR count). The maximum Gasteiger partial charge on any atom is 0.341 e. The summed E-state index contributed by atoms with van der Waals surface area (Å²) in [6, 6.07) is 12.6. The first kappa shape index (κ1) is 25.9. The Kier molecular flexibility index (Phi) is 10.9. The highest BCUT2D eigenvalue weighted by Crippen LogP contribution is 2.35. The first-order chi connectivity index (χ1) is 16.0. The van der Waals surface area contributed by atoms with Crippen molar-refractivity contribution >= 4 is 52.2 Å². The van der Waals surface area contributed by atoms with Gasteiger partial charge in [-0.05, 0) is 48.9 Å². The third-order valence-electron chi connectivity index (χ3n) is 4.02. The number of carbonyl (C=O) groups is 3. The van der Waals surface area contributed by atoms with E-state index in [0.29, 0.717) is 24.0 Å². The molecule has 0 saturated heterocycles.